The molecule has 2 N–H and O–H groups in total. The summed E-state index contributed by atoms with van der Waals surface area (Å²) < 4.78 is 5.65. The van der Waals surface area contributed by atoms with Gasteiger partial charge in [-0.15, -0.1) is 6.07 Å². The zero-order chi connectivity index (χ0) is 17.9. The number of aryl methyl sites for hydroxylation is 3. The molecular formula is C20H24NO3Y-. The topological polar surface area (TPSA) is 58.6 Å². The van der Waals surface area contributed by atoms with Crippen molar-refractivity contribution in [3.8, 4) is 5.75 Å². The number of anilines is 1. The Labute approximate surface area is 174 Å². The van der Waals surface area contributed by atoms with Crippen LogP contribution in [0.15, 0.2) is 30.3 Å². The van der Waals surface area contributed by atoms with Crippen molar-refractivity contribution in [1.82, 2.24) is 0 Å². The fourth-order valence-corrected chi connectivity index (χ4v) is 2.21. The van der Waals surface area contributed by atoms with Crippen molar-refractivity contribution in [3.05, 3.63) is 58.7 Å². The van der Waals surface area contributed by atoms with Crippen molar-refractivity contribution in [2.45, 2.75) is 40.2 Å². The number of carbonyl (C=O) groups is 1. The number of amides is 1. The summed E-state index contributed by atoms with van der Waals surface area (Å²) in [6.45, 7) is 9.30. The van der Waals surface area contributed by atoms with Gasteiger partial charge in [0.05, 0.1) is 0 Å². The molecule has 1 atom stereocenters. The van der Waals surface area contributed by atoms with Crippen molar-refractivity contribution in [2.24, 2.45) is 0 Å². The summed E-state index contributed by atoms with van der Waals surface area (Å²) in [5.74, 6) is 0.132. The molecule has 0 spiro atoms. The summed E-state index contributed by atoms with van der Waals surface area (Å²) in [5, 5.41) is 13.1. The molecule has 0 heterocycles. The monoisotopic (exact) mass is 415 g/mol. The Morgan fingerprint density at radius 2 is 1.80 bits per heavy atom. The zero-order valence-corrected chi connectivity index (χ0v) is 18.3. The van der Waals surface area contributed by atoms with Gasteiger partial charge in [-0.1, -0.05) is 12.6 Å². The Kier molecular flexibility index (Phi) is 7.79. The van der Waals surface area contributed by atoms with Gasteiger partial charge >= 0.3 is 0 Å². The van der Waals surface area contributed by atoms with Crippen LogP contribution in [0.25, 0.3) is 0 Å². The molecule has 0 aromatic heterocycles. The van der Waals surface area contributed by atoms with Gasteiger partial charge in [0.1, 0.15) is 12.4 Å². The predicted molar refractivity (Wildman–Crippen MR) is 95.4 cm³/mol. The first-order valence-corrected chi connectivity index (χ1v) is 7.92. The average molecular weight is 415 g/mol. The fraction of sp³-hybridized carbons (Fsp3) is 0.350. The number of ether oxygens (including phenoxy) is 1. The Morgan fingerprint density at radius 3 is 2.32 bits per heavy atom. The molecule has 0 saturated heterocycles. The quantitative estimate of drug-likeness (QED) is 0.736. The maximum absolute atomic E-state index is 12.3. The van der Waals surface area contributed by atoms with Crippen molar-refractivity contribution in [1.29, 1.82) is 0 Å². The van der Waals surface area contributed by atoms with Crippen LogP contribution in [0.1, 0.15) is 29.2 Å². The molecule has 0 fully saturated rings. The molecule has 1 amide bonds. The van der Waals surface area contributed by atoms with Crippen LogP contribution in [0.3, 0.4) is 0 Å². The summed E-state index contributed by atoms with van der Waals surface area (Å²) >= 11 is 0. The van der Waals surface area contributed by atoms with E-state index < -0.39 is 11.5 Å². The molecule has 25 heavy (non-hydrogen) atoms. The van der Waals surface area contributed by atoms with Gasteiger partial charge in [0.25, 0.3) is 0 Å². The van der Waals surface area contributed by atoms with Crippen LogP contribution >= 0.6 is 0 Å². The summed E-state index contributed by atoms with van der Waals surface area (Å²) in [5.41, 5.74) is 3.37. The zero-order valence-electron chi connectivity index (χ0n) is 15.4. The Hall–Kier alpha value is -1.23. The Morgan fingerprint density at radius 1 is 1.20 bits per heavy atom. The van der Waals surface area contributed by atoms with Gasteiger partial charge in [0.2, 0.25) is 5.91 Å². The molecule has 0 aliphatic heterocycles. The van der Waals surface area contributed by atoms with Crippen LogP contribution in [0, 0.1) is 33.8 Å². The summed E-state index contributed by atoms with van der Waals surface area (Å²) in [7, 11) is 0. The molecule has 2 rings (SSSR count). The number of hydrogen-bond donors (Lipinski definition) is 2. The molecule has 0 aliphatic carbocycles. The fourth-order valence-electron chi connectivity index (χ4n) is 2.21. The van der Waals surface area contributed by atoms with E-state index in [4.69, 9.17) is 4.74 Å². The first-order valence-electron chi connectivity index (χ1n) is 7.92. The first kappa shape index (κ1) is 21.8. The first-order chi connectivity index (χ1) is 11.2. The van der Waals surface area contributed by atoms with E-state index in [1.54, 1.807) is 12.1 Å². The molecule has 1 radical (unpaired) electrons. The number of carbonyl (C=O) groups excluding carboxylic acids is 1. The molecular weight excluding hydrogens is 391 g/mol. The minimum Gasteiger partial charge on any atom is -0.490 e. The second-order valence-corrected chi connectivity index (χ2v) is 6.46. The summed E-state index contributed by atoms with van der Waals surface area (Å²) in [6, 6.07) is 12.1. The second-order valence-electron chi connectivity index (χ2n) is 6.46. The maximum Gasteiger partial charge on any atom is 0.248 e. The van der Waals surface area contributed by atoms with Crippen LogP contribution in [0.2, 0.25) is 0 Å². The van der Waals surface area contributed by atoms with Crippen LogP contribution in [0.5, 0.6) is 5.75 Å². The number of nitrogens with one attached hydrogen (secondary N) is 1. The molecule has 5 heteroatoms. The predicted octanol–water partition coefficient (Wildman–Crippen LogP) is 3.49. The van der Waals surface area contributed by atoms with E-state index in [0.717, 1.165) is 16.7 Å². The molecule has 131 valence electrons. The third-order valence-corrected chi connectivity index (χ3v) is 4.14. The van der Waals surface area contributed by atoms with Crippen molar-refractivity contribution in [2.75, 3.05) is 11.9 Å². The Balaban J connectivity index is 0.00000312. The third-order valence-electron chi connectivity index (χ3n) is 4.14. The molecule has 0 unspecified atom stereocenters. The van der Waals surface area contributed by atoms with E-state index in [-0.39, 0.29) is 39.3 Å². The third kappa shape index (κ3) is 5.91. The normalized spacial score (nSPS) is 12.7. The van der Waals surface area contributed by atoms with Crippen LogP contribution < -0.4 is 10.1 Å². The molecule has 0 aliphatic rings. The van der Waals surface area contributed by atoms with E-state index in [2.05, 4.69) is 18.3 Å². The van der Waals surface area contributed by atoms with Crippen molar-refractivity contribution >= 4 is 11.6 Å². The standard InChI is InChI=1S/C20H24NO3.Y/c1-13-6-8-17(9-7-13)21-19(22)20(5,23)12-24-18-10-14(2)16(4)15(3)11-18;/h6,8-11,23H,12H2,1-5H3,(H,21,22);/q-1;/t20-;/m0./s1. The van der Waals surface area contributed by atoms with Gasteiger partial charge in [-0.3, -0.25) is 4.79 Å². The van der Waals surface area contributed by atoms with Crippen molar-refractivity contribution < 1.29 is 47.3 Å². The van der Waals surface area contributed by atoms with Gasteiger partial charge in [-0.05, 0) is 56.5 Å². The smallest absolute Gasteiger partial charge is 0.248 e. The van der Waals surface area contributed by atoms with Gasteiger partial charge in [-0.25, -0.2) is 0 Å². The maximum atomic E-state index is 12.3. The van der Waals surface area contributed by atoms with E-state index in [0.29, 0.717) is 11.4 Å². The van der Waals surface area contributed by atoms with Crippen molar-refractivity contribution in [3.63, 3.8) is 0 Å². The van der Waals surface area contributed by atoms with Crippen LogP contribution in [-0.4, -0.2) is 23.2 Å². The largest absolute Gasteiger partial charge is 0.490 e. The molecule has 0 bridgehead atoms. The minimum absolute atomic E-state index is 0. The molecule has 2 aromatic carbocycles. The van der Waals surface area contributed by atoms with E-state index in [1.165, 1.54) is 12.5 Å². The number of benzene rings is 2. The van der Waals surface area contributed by atoms with Crippen LogP contribution in [-0.2, 0) is 37.5 Å². The molecule has 2 aromatic rings. The Bertz CT molecular complexity index is 716. The molecule has 0 saturated carbocycles. The average Bonchev–Trinajstić information content (AvgIpc) is 2.52. The van der Waals surface area contributed by atoms with Gasteiger partial charge in [0.15, 0.2) is 5.60 Å². The minimum atomic E-state index is -1.64. The number of rotatable bonds is 5. The number of aliphatic hydroxyl groups is 1. The summed E-state index contributed by atoms with van der Waals surface area (Å²) in [6.07, 6.45) is 0. The van der Waals surface area contributed by atoms with Gasteiger partial charge in [-0.2, -0.15) is 23.8 Å². The van der Waals surface area contributed by atoms with E-state index in [1.807, 2.05) is 39.0 Å². The van der Waals surface area contributed by atoms with Gasteiger partial charge < -0.3 is 15.2 Å². The SMILES string of the molecule is Cc1[c-]cc(NC(=O)[C@@](C)(O)COc2cc(C)c(C)c(C)c2)cc1.[Y]. The van der Waals surface area contributed by atoms with Gasteiger partial charge in [0, 0.05) is 32.7 Å². The van der Waals surface area contributed by atoms with E-state index >= 15 is 0 Å². The molecule has 4 nitrogen and oxygen atoms in total. The van der Waals surface area contributed by atoms with E-state index in [9.17, 15) is 9.90 Å². The summed E-state index contributed by atoms with van der Waals surface area (Å²) in [4.78, 5) is 12.3. The second kappa shape index (κ2) is 8.93. The number of hydrogen-bond acceptors (Lipinski definition) is 3. The van der Waals surface area contributed by atoms with Crippen LogP contribution in [0.4, 0.5) is 5.69 Å².